The molecule has 3 N–H and O–H groups in total. The van der Waals surface area contributed by atoms with Gasteiger partial charge in [0.25, 0.3) is 5.91 Å². The lowest BCUT2D eigenvalue weighted by Gasteiger charge is -2.11. The van der Waals surface area contributed by atoms with Crippen LogP contribution in [0.1, 0.15) is 15.9 Å². The minimum absolute atomic E-state index is 0.320. The van der Waals surface area contributed by atoms with Gasteiger partial charge in [0.2, 0.25) is 0 Å². The van der Waals surface area contributed by atoms with Crippen molar-refractivity contribution in [2.75, 3.05) is 18.2 Å². The van der Waals surface area contributed by atoms with Crippen LogP contribution in [0.5, 0.6) is 5.75 Å². The van der Waals surface area contributed by atoms with Gasteiger partial charge in [0.15, 0.2) is 0 Å². The number of hydrogen-bond donors (Lipinski definition) is 2. The third-order valence-corrected chi connectivity index (χ3v) is 3.15. The Balaban J connectivity index is 2.30. The Kier molecular flexibility index (Phi) is 4.15. The first-order valence-corrected chi connectivity index (χ1v) is 6.40. The summed E-state index contributed by atoms with van der Waals surface area (Å²) >= 11 is 6.10. The van der Waals surface area contributed by atoms with Gasteiger partial charge in [-0.25, -0.2) is 0 Å². The highest BCUT2D eigenvalue weighted by Gasteiger charge is 2.14. The second-order valence-corrected chi connectivity index (χ2v) is 4.80. The molecule has 0 heterocycles. The largest absolute Gasteiger partial charge is 0.496 e. The van der Waals surface area contributed by atoms with Gasteiger partial charge < -0.3 is 15.8 Å². The van der Waals surface area contributed by atoms with Gasteiger partial charge in [-0.2, -0.15) is 0 Å². The average molecular weight is 291 g/mol. The lowest BCUT2D eigenvalue weighted by molar-refractivity contribution is 0.102. The lowest BCUT2D eigenvalue weighted by Crippen LogP contribution is -2.14. The van der Waals surface area contributed by atoms with E-state index in [2.05, 4.69) is 5.32 Å². The van der Waals surface area contributed by atoms with E-state index in [-0.39, 0.29) is 5.91 Å². The summed E-state index contributed by atoms with van der Waals surface area (Å²) in [5.41, 5.74) is 8.13. The highest BCUT2D eigenvalue weighted by molar-refractivity contribution is 6.34. The third kappa shape index (κ3) is 3.03. The Morgan fingerprint density at radius 3 is 2.65 bits per heavy atom. The molecular weight excluding hydrogens is 276 g/mol. The fourth-order valence-electron chi connectivity index (χ4n) is 1.81. The molecule has 0 aliphatic heterocycles. The molecular formula is C15H15ClN2O2. The molecule has 0 radical (unpaired) electrons. The van der Waals surface area contributed by atoms with E-state index in [4.69, 9.17) is 22.1 Å². The van der Waals surface area contributed by atoms with Crippen LogP contribution in [0.2, 0.25) is 5.02 Å². The molecule has 104 valence electrons. The summed E-state index contributed by atoms with van der Waals surface area (Å²) in [6.07, 6.45) is 0. The number of rotatable bonds is 3. The minimum atomic E-state index is -0.320. The molecule has 5 heteroatoms. The number of aryl methyl sites for hydroxylation is 1. The Bertz CT molecular complexity index is 656. The van der Waals surface area contributed by atoms with Crippen LogP contribution in [0.3, 0.4) is 0 Å². The van der Waals surface area contributed by atoms with Crippen LogP contribution in [0.25, 0.3) is 0 Å². The number of benzene rings is 2. The van der Waals surface area contributed by atoms with Crippen LogP contribution in [-0.2, 0) is 0 Å². The number of nitrogens with two attached hydrogens (primary N) is 1. The molecule has 20 heavy (non-hydrogen) atoms. The van der Waals surface area contributed by atoms with Crippen molar-refractivity contribution in [3.05, 3.63) is 52.5 Å². The fraction of sp³-hybridized carbons (Fsp3) is 0.133. The first-order chi connectivity index (χ1) is 9.51. The van der Waals surface area contributed by atoms with Gasteiger partial charge in [-0.05, 0) is 42.8 Å². The molecule has 4 nitrogen and oxygen atoms in total. The van der Waals surface area contributed by atoms with Gasteiger partial charge in [0.1, 0.15) is 5.75 Å². The molecule has 0 saturated heterocycles. The molecule has 2 aromatic rings. The van der Waals surface area contributed by atoms with Crippen molar-refractivity contribution in [2.24, 2.45) is 0 Å². The van der Waals surface area contributed by atoms with E-state index in [9.17, 15) is 4.79 Å². The number of hydrogen-bond acceptors (Lipinski definition) is 3. The van der Waals surface area contributed by atoms with Crippen molar-refractivity contribution in [1.29, 1.82) is 0 Å². The van der Waals surface area contributed by atoms with Crippen molar-refractivity contribution in [3.8, 4) is 5.75 Å². The van der Waals surface area contributed by atoms with Gasteiger partial charge in [-0.1, -0.05) is 17.7 Å². The highest BCUT2D eigenvalue weighted by Crippen LogP contribution is 2.26. The molecule has 0 fully saturated rings. The van der Waals surface area contributed by atoms with Crippen molar-refractivity contribution >= 4 is 28.9 Å². The van der Waals surface area contributed by atoms with E-state index in [1.54, 1.807) is 30.3 Å². The second kappa shape index (κ2) is 5.84. The predicted molar refractivity (Wildman–Crippen MR) is 81.5 cm³/mol. The molecule has 1 amide bonds. The maximum atomic E-state index is 12.3. The molecule has 0 unspecified atom stereocenters. The van der Waals surface area contributed by atoms with Crippen molar-refractivity contribution in [3.63, 3.8) is 0 Å². The van der Waals surface area contributed by atoms with E-state index in [0.717, 1.165) is 5.56 Å². The molecule has 2 aromatic carbocycles. The van der Waals surface area contributed by atoms with E-state index in [1.165, 1.54) is 7.11 Å². The number of ether oxygens (including phenoxy) is 1. The van der Waals surface area contributed by atoms with Crippen molar-refractivity contribution in [1.82, 2.24) is 0 Å². The third-order valence-electron chi connectivity index (χ3n) is 2.84. The number of methoxy groups -OCH3 is 1. The number of nitrogens with one attached hydrogen (secondary N) is 1. The summed E-state index contributed by atoms with van der Waals surface area (Å²) in [7, 11) is 1.50. The molecule has 0 atom stereocenters. The Morgan fingerprint density at radius 2 is 2.00 bits per heavy atom. The van der Waals surface area contributed by atoms with Crippen LogP contribution >= 0.6 is 11.6 Å². The second-order valence-electron chi connectivity index (χ2n) is 4.40. The zero-order chi connectivity index (χ0) is 14.7. The van der Waals surface area contributed by atoms with E-state index < -0.39 is 0 Å². The number of nitrogen functional groups attached to an aromatic ring is 1. The molecule has 0 spiro atoms. The number of carbonyl (C=O) groups is 1. The zero-order valence-corrected chi connectivity index (χ0v) is 12.0. The van der Waals surface area contributed by atoms with Crippen LogP contribution in [0.4, 0.5) is 11.4 Å². The number of amides is 1. The summed E-state index contributed by atoms with van der Waals surface area (Å²) in [6, 6.07) is 10.3. The van der Waals surface area contributed by atoms with Crippen LogP contribution < -0.4 is 15.8 Å². The Labute approximate surface area is 122 Å². The smallest absolute Gasteiger partial charge is 0.259 e. The number of halogens is 1. The van der Waals surface area contributed by atoms with E-state index >= 15 is 0 Å². The quantitative estimate of drug-likeness (QED) is 0.851. The summed E-state index contributed by atoms with van der Waals surface area (Å²) in [4.78, 5) is 12.3. The fourth-order valence-corrected chi connectivity index (χ4v) is 2.10. The van der Waals surface area contributed by atoms with Crippen LogP contribution in [0.15, 0.2) is 36.4 Å². The minimum Gasteiger partial charge on any atom is -0.496 e. The average Bonchev–Trinajstić information content (AvgIpc) is 2.41. The number of anilines is 2. The van der Waals surface area contributed by atoms with Gasteiger partial charge in [-0.15, -0.1) is 0 Å². The molecule has 0 aliphatic rings. The van der Waals surface area contributed by atoms with E-state index in [0.29, 0.717) is 27.7 Å². The Morgan fingerprint density at radius 1 is 1.25 bits per heavy atom. The first-order valence-electron chi connectivity index (χ1n) is 6.02. The van der Waals surface area contributed by atoms with Crippen molar-refractivity contribution in [2.45, 2.75) is 6.92 Å². The normalized spacial score (nSPS) is 10.2. The lowest BCUT2D eigenvalue weighted by atomic mass is 10.1. The van der Waals surface area contributed by atoms with Crippen LogP contribution in [0, 0.1) is 6.92 Å². The van der Waals surface area contributed by atoms with Crippen LogP contribution in [-0.4, -0.2) is 13.0 Å². The topological polar surface area (TPSA) is 64.3 Å². The zero-order valence-electron chi connectivity index (χ0n) is 11.2. The predicted octanol–water partition coefficient (Wildman–Crippen LogP) is 3.49. The Hall–Kier alpha value is -2.20. The monoisotopic (exact) mass is 290 g/mol. The van der Waals surface area contributed by atoms with E-state index in [1.807, 2.05) is 13.0 Å². The standard InChI is InChI=1S/C15H15ClN2O2/c1-9-3-5-13(12(16)7-9)18-15(19)11-8-10(17)4-6-14(11)20-2/h3-8H,17H2,1-2H3,(H,18,19). The van der Waals surface area contributed by atoms with Crippen molar-refractivity contribution < 1.29 is 9.53 Å². The summed E-state index contributed by atoms with van der Waals surface area (Å²) in [5, 5.41) is 3.24. The SMILES string of the molecule is COc1ccc(N)cc1C(=O)Nc1ccc(C)cc1Cl. The van der Waals surface area contributed by atoms with Gasteiger partial charge in [-0.3, -0.25) is 4.79 Å². The summed E-state index contributed by atoms with van der Waals surface area (Å²) < 4.78 is 5.16. The summed E-state index contributed by atoms with van der Waals surface area (Å²) in [5.74, 6) is 0.139. The molecule has 2 rings (SSSR count). The van der Waals surface area contributed by atoms with Gasteiger partial charge in [0, 0.05) is 5.69 Å². The highest BCUT2D eigenvalue weighted by atomic mass is 35.5. The molecule has 0 aliphatic carbocycles. The van der Waals surface area contributed by atoms with Gasteiger partial charge in [0.05, 0.1) is 23.4 Å². The summed E-state index contributed by atoms with van der Waals surface area (Å²) in [6.45, 7) is 1.93. The molecule has 0 saturated carbocycles. The molecule has 0 aromatic heterocycles. The first kappa shape index (κ1) is 14.2. The number of carbonyl (C=O) groups excluding carboxylic acids is 1. The maximum absolute atomic E-state index is 12.3. The molecule has 0 bridgehead atoms. The van der Waals surface area contributed by atoms with Gasteiger partial charge >= 0.3 is 0 Å². The maximum Gasteiger partial charge on any atom is 0.259 e.